The monoisotopic (exact) mass is 523 g/mol. The lowest BCUT2D eigenvalue weighted by atomic mass is 9.46. The van der Waals surface area contributed by atoms with E-state index in [1.54, 1.807) is 5.57 Å². The van der Waals surface area contributed by atoms with Crippen LogP contribution in [0.15, 0.2) is 28.8 Å². The predicted octanol–water partition coefficient (Wildman–Crippen LogP) is 7.50. The Hall–Kier alpha value is -1.42. The Morgan fingerprint density at radius 2 is 1.82 bits per heavy atom. The molecule has 0 bridgehead atoms. The molecule has 5 rings (SSSR count). The molecule has 1 heterocycles. The molecule has 1 saturated heterocycles. The molecule has 0 aromatic carbocycles. The summed E-state index contributed by atoms with van der Waals surface area (Å²) in [5.41, 5.74) is 5.34. The van der Waals surface area contributed by atoms with E-state index in [0.29, 0.717) is 28.2 Å². The average molecular weight is 524 g/mol. The number of nitrogens with zero attached hydrogens (tertiary/aromatic N) is 1. The van der Waals surface area contributed by atoms with E-state index in [1.807, 2.05) is 13.8 Å². The first kappa shape index (κ1) is 29.6. The van der Waals surface area contributed by atoms with Crippen LogP contribution in [0.4, 0.5) is 0 Å². The summed E-state index contributed by atoms with van der Waals surface area (Å²) in [5.74, 6) is 3.12. The molecule has 3 saturated carbocycles. The van der Waals surface area contributed by atoms with Gasteiger partial charge in [0.25, 0.3) is 0 Å². The van der Waals surface area contributed by atoms with Crippen molar-refractivity contribution in [3.8, 4) is 0 Å². The average Bonchev–Trinajstić information content (AvgIpc) is 3.42. The number of hydrogen-bond acceptors (Lipinski definition) is 3. The molecule has 4 heteroatoms. The molecule has 0 aromatic heterocycles. The van der Waals surface area contributed by atoms with E-state index in [0.717, 1.165) is 37.3 Å². The summed E-state index contributed by atoms with van der Waals surface area (Å²) in [5, 5.41) is 6.72. The molecule has 1 aliphatic heterocycles. The zero-order chi connectivity index (χ0) is 27.7. The standard InChI is InChI=1S/C32H51N3O.C2H6/c1-21-11-14-31(5)23(19-21)7-8-24-26-10-9-25(32(26,6)15-12-27(24)31)22(2)35-20-29(36)34-17-13-28-30(3,4)16-18-33-28;1-2/h19,24-28,33H,1,7-18,20H2,2-6H3,(H,34,36);1-2H3. The van der Waals surface area contributed by atoms with E-state index in [-0.39, 0.29) is 12.5 Å². The van der Waals surface area contributed by atoms with Gasteiger partial charge in [-0.3, -0.25) is 9.79 Å². The Labute approximate surface area is 234 Å². The van der Waals surface area contributed by atoms with Crippen molar-refractivity contribution in [2.75, 3.05) is 19.6 Å². The Morgan fingerprint density at radius 1 is 1.05 bits per heavy atom. The summed E-state index contributed by atoms with van der Waals surface area (Å²) in [6.45, 7) is 22.4. The third kappa shape index (κ3) is 5.45. The van der Waals surface area contributed by atoms with Gasteiger partial charge in [0.2, 0.25) is 5.91 Å². The predicted molar refractivity (Wildman–Crippen MR) is 161 cm³/mol. The number of carbonyl (C=O) groups is 1. The Morgan fingerprint density at radius 3 is 2.53 bits per heavy atom. The van der Waals surface area contributed by atoms with E-state index in [9.17, 15) is 4.79 Å². The fraction of sp³-hybridized carbons (Fsp3) is 0.824. The first-order valence-corrected chi connectivity index (χ1v) is 15.9. The summed E-state index contributed by atoms with van der Waals surface area (Å²) in [4.78, 5) is 17.5. The number of carbonyl (C=O) groups excluding carboxylic acids is 1. The lowest BCUT2D eigenvalue weighted by Gasteiger charge is -2.58. The normalized spacial score (nSPS) is 39.8. The maximum Gasteiger partial charge on any atom is 0.241 e. The summed E-state index contributed by atoms with van der Waals surface area (Å²) < 4.78 is 0. The van der Waals surface area contributed by atoms with Gasteiger partial charge >= 0.3 is 0 Å². The van der Waals surface area contributed by atoms with Crippen LogP contribution in [0, 0.1) is 39.9 Å². The minimum Gasteiger partial charge on any atom is -0.354 e. The van der Waals surface area contributed by atoms with E-state index in [1.165, 1.54) is 69.1 Å². The topological polar surface area (TPSA) is 53.5 Å². The Bertz CT molecular complexity index is 947. The Balaban J connectivity index is 0.00000164. The van der Waals surface area contributed by atoms with Crippen molar-refractivity contribution in [2.45, 2.75) is 119 Å². The van der Waals surface area contributed by atoms with Gasteiger partial charge in [-0.2, -0.15) is 0 Å². The molecule has 0 radical (unpaired) electrons. The van der Waals surface area contributed by atoms with Crippen LogP contribution in [-0.2, 0) is 4.79 Å². The molecule has 2 N–H and O–H groups in total. The van der Waals surface area contributed by atoms with Gasteiger partial charge in [-0.1, -0.05) is 65.3 Å². The number of rotatable bonds is 6. The SMILES string of the molecule is C=C1C=C2CCC3C(CCC4(C)C(C(C)=NCC(=O)NCCC5NCCC5(C)C)CCC34)C2(C)CC1.CC. The number of aliphatic imine (C=N–C) groups is 1. The van der Waals surface area contributed by atoms with E-state index >= 15 is 0 Å². The van der Waals surface area contributed by atoms with Gasteiger partial charge in [-0.15, -0.1) is 0 Å². The van der Waals surface area contributed by atoms with E-state index in [4.69, 9.17) is 4.99 Å². The summed E-state index contributed by atoms with van der Waals surface area (Å²) in [6, 6.07) is 0.495. The van der Waals surface area contributed by atoms with Gasteiger partial charge in [0, 0.05) is 24.2 Å². The van der Waals surface area contributed by atoms with Gasteiger partial charge < -0.3 is 10.6 Å². The van der Waals surface area contributed by atoms with Crippen LogP contribution in [0.25, 0.3) is 0 Å². The third-order valence-electron chi connectivity index (χ3n) is 11.9. The van der Waals surface area contributed by atoms with Crippen molar-refractivity contribution in [1.82, 2.24) is 10.6 Å². The zero-order valence-corrected chi connectivity index (χ0v) is 25.7. The molecule has 214 valence electrons. The molecule has 4 fully saturated rings. The Kier molecular flexibility index (Phi) is 9.02. The second-order valence-corrected chi connectivity index (χ2v) is 14.2. The lowest BCUT2D eigenvalue weighted by molar-refractivity contribution is -0.119. The number of hydrogen-bond donors (Lipinski definition) is 2. The first-order chi connectivity index (χ1) is 18.0. The molecule has 7 unspecified atom stereocenters. The summed E-state index contributed by atoms with van der Waals surface area (Å²) in [7, 11) is 0. The third-order valence-corrected chi connectivity index (χ3v) is 11.9. The molecule has 5 aliphatic rings. The van der Waals surface area contributed by atoms with Crippen molar-refractivity contribution >= 4 is 11.6 Å². The maximum atomic E-state index is 12.6. The van der Waals surface area contributed by atoms with Crippen LogP contribution < -0.4 is 10.6 Å². The molecule has 0 aromatic rings. The second kappa shape index (κ2) is 11.6. The number of amides is 1. The quantitative estimate of drug-likeness (QED) is 0.354. The molecule has 4 nitrogen and oxygen atoms in total. The van der Waals surface area contributed by atoms with E-state index < -0.39 is 0 Å². The number of fused-ring (bicyclic) bond motifs is 5. The maximum absolute atomic E-state index is 12.6. The van der Waals surface area contributed by atoms with Crippen LogP contribution in [-0.4, -0.2) is 37.3 Å². The fourth-order valence-electron chi connectivity index (χ4n) is 9.57. The van der Waals surface area contributed by atoms with Crippen LogP contribution in [0.5, 0.6) is 0 Å². The van der Waals surface area contributed by atoms with Gasteiger partial charge in [-0.05, 0) is 112 Å². The highest BCUT2D eigenvalue weighted by Crippen LogP contribution is 2.67. The van der Waals surface area contributed by atoms with Crippen molar-refractivity contribution in [3.63, 3.8) is 0 Å². The van der Waals surface area contributed by atoms with Crippen LogP contribution in [0.2, 0.25) is 0 Å². The van der Waals surface area contributed by atoms with Gasteiger partial charge in [0.1, 0.15) is 6.54 Å². The number of nitrogens with one attached hydrogen (secondary N) is 2. The van der Waals surface area contributed by atoms with Crippen molar-refractivity contribution in [1.29, 1.82) is 0 Å². The molecular weight excluding hydrogens is 466 g/mol. The second-order valence-electron chi connectivity index (χ2n) is 14.2. The first-order valence-electron chi connectivity index (χ1n) is 15.9. The zero-order valence-electron chi connectivity index (χ0n) is 25.7. The highest BCUT2D eigenvalue weighted by molar-refractivity contribution is 5.88. The highest BCUT2D eigenvalue weighted by Gasteiger charge is 2.59. The molecule has 4 aliphatic carbocycles. The molecule has 1 amide bonds. The number of allylic oxidation sites excluding steroid dienone is 3. The lowest BCUT2D eigenvalue weighted by Crippen LogP contribution is -2.50. The largest absolute Gasteiger partial charge is 0.354 e. The minimum absolute atomic E-state index is 0.0759. The smallest absolute Gasteiger partial charge is 0.241 e. The summed E-state index contributed by atoms with van der Waals surface area (Å²) >= 11 is 0. The van der Waals surface area contributed by atoms with Gasteiger partial charge in [-0.25, -0.2) is 0 Å². The van der Waals surface area contributed by atoms with Crippen LogP contribution in [0.3, 0.4) is 0 Å². The van der Waals surface area contributed by atoms with Crippen molar-refractivity contribution in [2.24, 2.45) is 44.9 Å². The molecular formula is C34H57N3O. The summed E-state index contributed by atoms with van der Waals surface area (Å²) in [6.07, 6.45) is 15.0. The fourth-order valence-corrected chi connectivity index (χ4v) is 9.57. The van der Waals surface area contributed by atoms with Crippen molar-refractivity contribution < 1.29 is 4.79 Å². The highest BCUT2D eigenvalue weighted by atomic mass is 16.1. The minimum atomic E-state index is 0.0759. The van der Waals surface area contributed by atoms with Crippen LogP contribution >= 0.6 is 0 Å². The van der Waals surface area contributed by atoms with Gasteiger partial charge in [0.15, 0.2) is 0 Å². The van der Waals surface area contributed by atoms with Crippen molar-refractivity contribution in [3.05, 3.63) is 23.8 Å². The molecule has 38 heavy (non-hydrogen) atoms. The van der Waals surface area contributed by atoms with Gasteiger partial charge in [0.05, 0.1) is 0 Å². The van der Waals surface area contributed by atoms with Crippen LogP contribution in [0.1, 0.15) is 113 Å². The molecule has 7 atom stereocenters. The molecule has 0 spiro atoms. The van der Waals surface area contributed by atoms with E-state index in [2.05, 4.69) is 57.9 Å².